The number of allylic oxidation sites excluding steroid dienone is 2. The third-order valence-corrected chi connectivity index (χ3v) is 4.50. The van der Waals surface area contributed by atoms with E-state index in [1.807, 2.05) is 30.3 Å². The van der Waals surface area contributed by atoms with Crippen LogP contribution in [0.4, 0.5) is 5.69 Å². The fraction of sp³-hybridized carbons (Fsp3) is 0.200. The van der Waals surface area contributed by atoms with Crippen molar-refractivity contribution in [1.82, 2.24) is 10.3 Å². The van der Waals surface area contributed by atoms with Gasteiger partial charge in [0.2, 0.25) is 0 Å². The maximum absolute atomic E-state index is 12.5. The van der Waals surface area contributed by atoms with Crippen LogP contribution in [0.5, 0.6) is 0 Å². The van der Waals surface area contributed by atoms with Gasteiger partial charge in [-0.2, -0.15) is 0 Å². The molecule has 3 rings (SSSR count). The van der Waals surface area contributed by atoms with Crippen molar-refractivity contribution >= 4 is 34.7 Å². The van der Waals surface area contributed by atoms with Crippen molar-refractivity contribution in [3.63, 3.8) is 0 Å². The summed E-state index contributed by atoms with van der Waals surface area (Å²) in [5, 5.41) is 7.27. The number of para-hydroxylation sites is 1. The highest BCUT2D eigenvalue weighted by Crippen LogP contribution is 2.26. The second-order valence-corrected chi connectivity index (χ2v) is 6.85. The molecule has 1 aliphatic carbocycles. The quantitative estimate of drug-likeness (QED) is 0.676. The predicted molar refractivity (Wildman–Crippen MR) is 106 cm³/mol. The van der Waals surface area contributed by atoms with Gasteiger partial charge in [-0.25, -0.2) is 4.98 Å². The molecule has 0 radical (unpaired) electrons. The molecule has 0 amide bonds. The van der Waals surface area contributed by atoms with Crippen LogP contribution in [0.1, 0.15) is 24.8 Å². The Hall–Kier alpha value is -2.30. The van der Waals surface area contributed by atoms with E-state index in [0.717, 1.165) is 29.8 Å². The van der Waals surface area contributed by atoms with Crippen LogP contribution in [0, 0.1) is 0 Å². The zero-order valence-corrected chi connectivity index (χ0v) is 15.7. The van der Waals surface area contributed by atoms with Crippen LogP contribution in [0.2, 0.25) is 10.3 Å². The van der Waals surface area contributed by atoms with Crippen molar-refractivity contribution in [1.29, 1.82) is 0 Å². The molecule has 0 fully saturated rings. The number of carbonyl (C=O) groups is 1. The first-order valence-electron chi connectivity index (χ1n) is 8.36. The molecule has 0 spiro atoms. The van der Waals surface area contributed by atoms with Gasteiger partial charge in [-0.15, -0.1) is 0 Å². The second kappa shape index (κ2) is 8.39. The van der Waals surface area contributed by atoms with E-state index in [-0.39, 0.29) is 5.78 Å². The van der Waals surface area contributed by atoms with E-state index in [4.69, 9.17) is 23.2 Å². The lowest BCUT2D eigenvalue weighted by atomic mass is 9.92. The molecule has 26 heavy (non-hydrogen) atoms. The lowest BCUT2D eigenvalue weighted by Gasteiger charge is -2.23. The first-order valence-corrected chi connectivity index (χ1v) is 9.12. The number of carbonyl (C=O) groups excluding carboxylic acids is 1. The Morgan fingerprint density at radius 3 is 2.50 bits per heavy atom. The molecule has 0 unspecified atom stereocenters. The summed E-state index contributed by atoms with van der Waals surface area (Å²) in [5.41, 5.74) is 3.93. The number of Topliss-reactive ketones (excluding diaryl/α,β-unsaturated/α-hetero) is 1. The van der Waals surface area contributed by atoms with Gasteiger partial charge < -0.3 is 10.6 Å². The summed E-state index contributed by atoms with van der Waals surface area (Å²) in [4.78, 5) is 16.4. The van der Waals surface area contributed by atoms with E-state index in [1.165, 1.54) is 0 Å². The van der Waals surface area contributed by atoms with Crippen LogP contribution in [-0.2, 0) is 11.3 Å². The average molecular weight is 388 g/mol. The van der Waals surface area contributed by atoms with Crippen molar-refractivity contribution in [3.05, 3.63) is 81.9 Å². The molecule has 4 nitrogen and oxygen atoms in total. The maximum atomic E-state index is 12.5. The lowest BCUT2D eigenvalue weighted by Crippen LogP contribution is -2.24. The molecule has 0 atom stereocenters. The Kier molecular flexibility index (Phi) is 5.96. The Balaban J connectivity index is 1.79. The van der Waals surface area contributed by atoms with Crippen molar-refractivity contribution in [2.45, 2.75) is 25.8 Å². The molecule has 0 aliphatic heterocycles. The van der Waals surface area contributed by atoms with Gasteiger partial charge in [-0.05, 0) is 42.7 Å². The first kappa shape index (κ1) is 18.5. The molecule has 1 aromatic carbocycles. The Morgan fingerprint density at radius 2 is 1.81 bits per heavy atom. The Morgan fingerprint density at radius 1 is 1.12 bits per heavy atom. The standard InChI is InChI=1S/C20H19Cl2N3O/c1-13(24-15-6-3-2-4-7-15)20-16(8-5-9-17(20)26)23-12-14-10-18(21)25-19(22)11-14/h2-4,6-7,10-11,23-24H,1,5,8-9,12H2. The minimum Gasteiger partial charge on any atom is -0.384 e. The van der Waals surface area contributed by atoms with Gasteiger partial charge in [0, 0.05) is 30.0 Å². The summed E-state index contributed by atoms with van der Waals surface area (Å²) < 4.78 is 0. The second-order valence-electron chi connectivity index (χ2n) is 6.07. The summed E-state index contributed by atoms with van der Waals surface area (Å²) in [7, 11) is 0. The fourth-order valence-electron chi connectivity index (χ4n) is 2.95. The van der Waals surface area contributed by atoms with Crippen LogP contribution in [0.3, 0.4) is 0 Å². The molecule has 134 valence electrons. The smallest absolute Gasteiger partial charge is 0.166 e. The molecule has 0 saturated heterocycles. The van der Waals surface area contributed by atoms with Crippen LogP contribution < -0.4 is 10.6 Å². The average Bonchev–Trinajstić information content (AvgIpc) is 2.60. The van der Waals surface area contributed by atoms with Gasteiger partial charge in [0.1, 0.15) is 10.3 Å². The molecular weight excluding hydrogens is 369 g/mol. The predicted octanol–water partition coefficient (Wildman–Crippen LogP) is 5.11. The summed E-state index contributed by atoms with van der Waals surface area (Å²) >= 11 is 11.9. The number of pyridine rings is 1. The van der Waals surface area contributed by atoms with Gasteiger partial charge in [0.25, 0.3) is 0 Å². The molecule has 1 heterocycles. The molecule has 6 heteroatoms. The summed E-state index contributed by atoms with van der Waals surface area (Å²) in [6.07, 6.45) is 2.15. The van der Waals surface area contributed by atoms with Crippen molar-refractivity contribution < 1.29 is 4.79 Å². The van der Waals surface area contributed by atoms with Gasteiger partial charge in [-0.1, -0.05) is 48.0 Å². The highest BCUT2D eigenvalue weighted by atomic mass is 35.5. The van der Waals surface area contributed by atoms with E-state index >= 15 is 0 Å². The minimum absolute atomic E-state index is 0.0953. The number of nitrogens with zero attached hydrogens (tertiary/aromatic N) is 1. The number of hydrogen-bond acceptors (Lipinski definition) is 4. The van der Waals surface area contributed by atoms with E-state index in [1.54, 1.807) is 12.1 Å². The number of benzene rings is 1. The van der Waals surface area contributed by atoms with Gasteiger partial charge in [-0.3, -0.25) is 4.79 Å². The first-order chi connectivity index (χ1) is 12.5. The monoisotopic (exact) mass is 387 g/mol. The maximum Gasteiger partial charge on any atom is 0.166 e. The Labute approximate surface area is 162 Å². The fourth-order valence-corrected chi connectivity index (χ4v) is 3.46. The molecule has 2 aromatic rings. The third-order valence-electron chi connectivity index (χ3n) is 4.11. The van der Waals surface area contributed by atoms with Crippen LogP contribution >= 0.6 is 23.2 Å². The van der Waals surface area contributed by atoms with E-state index in [2.05, 4.69) is 22.2 Å². The zero-order valence-electron chi connectivity index (χ0n) is 14.2. The molecule has 1 aromatic heterocycles. The van der Waals surface area contributed by atoms with Crippen LogP contribution in [0.25, 0.3) is 0 Å². The van der Waals surface area contributed by atoms with Crippen LogP contribution in [-0.4, -0.2) is 10.8 Å². The topological polar surface area (TPSA) is 54.0 Å². The van der Waals surface area contributed by atoms with E-state index < -0.39 is 0 Å². The van der Waals surface area contributed by atoms with Crippen molar-refractivity contribution in [2.24, 2.45) is 0 Å². The molecule has 1 aliphatic rings. The zero-order chi connectivity index (χ0) is 18.5. The van der Waals surface area contributed by atoms with Crippen LogP contribution in [0.15, 0.2) is 66.0 Å². The highest BCUT2D eigenvalue weighted by Gasteiger charge is 2.23. The molecular formula is C20H19Cl2N3O. The van der Waals surface area contributed by atoms with E-state index in [0.29, 0.717) is 34.5 Å². The number of anilines is 1. The van der Waals surface area contributed by atoms with Gasteiger partial charge in [0.05, 0.1) is 5.57 Å². The number of hydrogen-bond donors (Lipinski definition) is 2. The van der Waals surface area contributed by atoms with Gasteiger partial charge >= 0.3 is 0 Å². The normalized spacial score (nSPS) is 14.3. The summed E-state index contributed by atoms with van der Waals surface area (Å²) in [5.74, 6) is 0.0953. The largest absolute Gasteiger partial charge is 0.384 e. The Bertz CT molecular complexity index is 842. The van der Waals surface area contributed by atoms with Crippen molar-refractivity contribution in [3.8, 4) is 0 Å². The number of nitrogens with one attached hydrogen (secondary N) is 2. The van der Waals surface area contributed by atoms with Crippen molar-refractivity contribution in [2.75, 3.05) is 5.32 Å². The number of ketones is 1. The number of aromatic nitrogens is 1. The highest BCUT2D eigenvalue weighted by molar-refractivity contribution is 6.32. The molecule has 2 N–H and O–H groups in total. The summed E-state index contributed by atoms with van der Waals surface area (Å²) in [6, 6.07) is 13.2. The third kappa shape index (κ3) is 4.65. The molecule has 0 bridgehead atoms. The van der Waals surface area contributed by atoms with Gasteiger partial charge in [0.15, 0.2) is 5.78 Å². The SMILES string of the molecule is C=C(Nc1ccccc1)C1=C(NCc2cc(Cl)nc(Cl)c2)CCCC1=O. The lowest BCUT2D eigenvalue weighted by molar-refractivity contribution is -0.115. The van der Waals surface area contributed by atoms with E-state index in [9.17, 15) is 4.79 Å². The molecule has 0 saturated carbocycles. The number of halogens is 2. The number of rotatable bonds is 6. The minimum atomic E-state index is 0.0953. The summed E-state index contributed by atoms with van der Waals surface area (Å²) in [6.45, 7) is 4.58.